The highest BCUT2D eigenvalue weighted by atomic mass is 16.5. The maximum atomic E-state index is 11.0. The lowest BCUT2D eigenvalue weighted by Crippen LogP contribution is -2.07. The first kappa shape index (κ1) is 8.01. The Bertz CT molecular complexity index is 213. The molecule has 1 aromatic heterocycles. The predicted octanol–water partition coefficient (Wildman–Crippen LogP) is 1.50. The first-order chi connectivity index (χ1) is 5.34. The van der Waals surface area contributed by atoms with Gasteiger partial charge < -0.3 is 9.15 Å². The number of furan rings is 1. The molecule has 0 aromatic carbocycles. The van der Waals surface area contributed by atoms with Gasteiger partial charge in [-0.3, -0.25) is 4.79 Å². The molecule has 60 valence electrons. The second-order valence-electron chi connectivity index (χ2n) is 2.04. The molecule has 0 amide bonds. The first-order valence-corrected chi connectivity index (χ1v) is 3.49. The third-order valence-corrected chi connectivity index (χ3v) is 1.23. The van der Waals surface area contributed by atoms with Crippen LogP contribution in [0.15, 0.2) is 22.8 Å². The fraction of sp³-hybridized carbons (Fsp3) is 0.375. The van der Waals surface area contributed by atoms with Gasteiger partial charge in [0.05, 0.1) is 6.26 Å². The molecular weight excluding hydrogens is 144 g/mol. The normalized spacial score (nSPS) is 9.91. The van der Waals surface area contributed by atoms with E-state index < -0.39 is 0 Å². The Morgan fingerprint density at radius 3 is 3.09 bits per heavy atom. The van der Waals surface area contributed by atoms with Crippen molar-refractivity contribution in [2.75, 3.05) is 13.2 Å². The van der Waals surface area contributed by atoms with Crippen molar-refractivity contribution in [2.45, 2.75) is 6.92 Å². The van der Waals surface area contributed by atoms with Crippen LogP contribution in [0.25, 0.3) is 0 Å². The van der Waals surface area contributed by atoms with E-state index in [1.807, 2.05) is 6.92 Å². The molecule has 0 atom stereocenters. The molecule has 0 fully saturated rings. The third kappa shape index (κ3) is 2.20. The van der Waals surface area contributed by atoms with Crippen LogP contribution in [0.5, 0.6) is 0 Å². The molecule has 0 spiro atoms. The summed E-state index contributed by atoms with van der Waals surface area (Å²) in [6.07, 6.45) is 1.47. The van der Waals surface area contributed by atoms with E-state index in [4.69, 9.17) is 9.15 Å². The van der Waals surface area contributed by atoms with Crippen molar-refractivity contribution in [1.82, 2.24) is 0 Å². The quantitative estimate of drug-likeness (QED) is 0.617. The largest absolute Gasteiger partial charge is 0.461 e. The van der Waals surface area contributed by atoms with Crippen LogP contribution in [0.3, 0.4) is 0 Å². The SMILES string of the molecule is CCOCC(=O)c1ccco1. The van der Waals surface area contributed by atoms with E-state index in [9.17, 15) is 4.79 Å². The number of ketones is 1. The van der Waals surface area contributed by atoms with Crippen molar-refractivity contribution in [1.29, 1.82) is 0 Å². The molecule has 1 heterocycles. The van der Waals surface area contributed by atoms with Crippen LogP contribution < -0.4 is 0 Å². The van der Waals surface area contributed by atoms with Crippen molar-refractivity contribution < 1.29 is 13.9 Å². The Morgan fingerprint density at radius 1 is 1.73 bits per heavy atom. The van der Waals surface area contributed by atoms with Crippen LogP contribution >= 0.6 is 0 Å². The number of rotatable bonds is 4. The van der Waals surface area contributed by atoms with E-state index in [0.29, 0.717) is 12.4 Å². The number of hydrogen-bond donors (Lipinski definition) is 0. The Morgan fingerprint density at radius 2 is 2.55 bits per heavy atom. The van der Waals surface area contributed by atoms with Gasteiger partial charge in [-0.25, -0.2) is 0 Å². The van der Waals surface area contributed by atoms with E-state index >= 15 is 0 Å². The summed E-state index contributed by atoms with van der Waals surface area (Å²) in [5.41, 5.74) is 0. The molecule has 0 unspecified atom stereocenters. The molecule has 0 bridgehead atoms. The van der Waals surface area contributed by atoms with Crippen LogP contribution in [0.2, 0.25) is 0 Å². The summed E-state index contributed by atoms with van der Waals surface area (Å²) in [4.78, 5) is 11.0. The molecule has 1 rings (SSSR count). The maximum Gasteiger partial charge on any atom is 0.223 e. The molecule has 0 radical (unpaired) electrons. The number of carbonyl (C=O) groups is 1. The summed E-state index contributed by atoms with van der Waals surface area (Å²) < 4.78 is 9.77. The average Bonchev–Trinajstić information content (AvgIpc) is 2.52. The van der Waals surface area contributed by atoms with Crippen molar-refractivity contribution in [3.63, 3.8) is 0 Å². The Hall–Kier alpha value is -1.09. The topological polar surface area (TPSA) is 39.4 Å². The second-order valence-corrected chi connectivity index (χ2v) is 2.04. The molecule has 11 heavy (non-hydrogen) atoms. The Kier molecular flexibility index (Phi) is 2.86. The highest BCUT2D eigenvalue weighted by Crippen LogP contribution is 2.00. The van der Waals surface area contributed by atoms with Gasteiger partial charge in [-0.1, -0.05) is 0 Å². The number of ether oxygens (including phenoxy) is 1. The van der Waals surface area contributed by atoms with Crippen LogP contribution in [-0.4, -0.2) is 19.0 Å². The molecule has 0 aliphatic heterocycles. The zero-order valence-corrected chi connectivity index (χ0v) is 6.37. The lowest BCUT2D eigenvalue weighted by molar-refractivity contribution is 0.0756. The highest BCUT2D eigenvalue weighted by molar-refractivity contribution is 5.94. The molecule has 0 saturated heterocycles. The number of hydrogen-bond acceptors (Lipinski definition) is 3. The van der Waals surface area contributed by atoms with Gasteiger partial charge in [-0.2, -0.15) is 0 Å². The zero-order chi connectivity index (χ0) is 8.10. The summed E-state index contributed by atoms with van der Waals surface area (Å²) in [5, 5.41) is 0. The number of carbonyl (C=O) groups excluding carboxylic acids is 1. The van der Waals surface area contributed by atoms with E-state index in [-0.39, 0.29) is 12.4 Å². The summed E-state index contributed by atoms with van der Waals surface area (Å²) >= 11 is 0. The summed E-state index contributed by atoms with van der Waals surface area (Å²) in [6.45, 7) is 2.49. The second kappa shape index (κ2) is 3.93. The van der Waals surface area contributed by atoms with E-state index in [1.54, 1.807) is 12.1 Å². The van der Waals surface area contributed by atoms with Gasteiger partial charge in [0.25, 0.3) is 0 Å². The monoisotopic (exact) mass is 154 g/mol. The predicted molar refractivity (Wildman–Crippen MR) is 39.5 cm³/mol. The van der Waals surface area contributed by atoms with Crippen LogP contribution in [0, 0.1) is 0 Å². The number of Topliss-reactive ketones (excluding diaryl/α,β-unsaturated/α-hetero) is 1. The smallest absolute Gasteiger partial charge is 0.223 e. The minimum atomic E-state index is -0.114. The molecule has 0 aliphatic rings. The molecule has 1 aromatic rings. The summed E-state index contributed by atoms with van der Waals surface area (Å²) in [7, 11) is 0. The van der Waals surface area contributed by atoms with Gasteiger partial charge in [0.2, 0.25) is 5.78 Å². The fourth-order valence-corrected chi connectivity index (χ4v) is 0.703. The summed E-state index contributed by atoms with van der Waals surface area (Å²) in [5.74, 6) is 0.246. The van der Waals surface area contributed by atoms with Crippen LogP contribution in [-0.2, 0) is 4.74 Å². The van der Waals surface area contributed by atoms with Gasteiger partial charge in [-0.05, 0) is 19.1 Å². The van der Waals surface area contributed by atoms with E-state index in [0.717, 1.165) is 0 Å². The zero-order valence-electron chi connectivity index (χ0n) is 6.37. The van der Waals surface area contributed by atoms with Gasteiger partial charge in [0.1, 0.15) is 6.61 Å². The Balaban J connectivity index is 2.43. The van der Waals surface area contributed by atoms with E-state index in [1.165, 1.54) is 6.26 Å². The third-order valence-electron chi connectivity index (χ3n) is 1.23. The Labute approximate surface area is 65.0 Å². The molecule has 3 nitrogen and oxygen atoms in total. The van der Waals surface area contributed by atoms with Crippen molar-refractivity contribution in [3.8, 4) is 0 Å². The van der Waals surface area contributed by atoms with Crippen molar-refractivity contribution in [2.24, 2.45) is 0 Å². The molecule has 3 heteroatoms. The van der Waals surface area contributed by atoms with Crippen molar-refractivity contribution in [3.05, 3.63) is 24.2 Å². The lowest BCUT2D eigenvalue weighted by Gasteiger charge is -1.95. The standard InChI is InChI=1S/C8H10O3/c1-2-10-6-7(9)8-4-3-5-11-8/h3-5H,2,6H2,1H3. The van der Waals surface area contributed by atoms with Gasteiger partial charge >= 0.3 is 0 Å². The molecule has 0 aliphatic carbocycles. The lowest BCUT2D eigenvalue weighted by atomic mass is 10.3. The van der Waals surface area contributed by atoms with Crippen LogP contribution in [0.4, 0.5) is 0 Å². The minimum Gasteiger partial charge on any atom is -0.461 e. The van der Waals surface area contributed by atoms with Crippen LogP contribution in [0.1, 0.15) is 17.5 Å². The van der Waals surface area contributed by atoms with Crippen molar-refractivity contribution >= 4 is 5.78 Å². The fourth-order valence-electron chi connectivity index (χ4n) is 0.703. The van der Waals surface area contributed by atoms with Gasteiger partial charge in [0, 0.05) is 6.61 Å². The summed E-state index contributed by atoms with van der Waals surface area (Å²) in [6, 6.07) is 3.31. The van der Waals surface area contributed by atoms with Gasteiger partial charge in [-0.15, -0.1) is 0 Å². The minimum absolute atomic E-state index is 0.101. The first-order valence-electron chi connectivity index (χ1n) is 3.49. The van der Waals surface area contributed by atoms with Gasteiger partial charge in [0.15, 0.2) is 5.76 Å². The maximum absolute atomic E-state index is 11.0. The average molecular weight is 154 g/mol. The molecular formula is C8H10O3. The molecule has 0 saturated carbocycles. The molecule has 0 N–H and O–H groups in total. The van der Waals surface area contributed by atoms with E-state index in [2.05, 4.69) is 0 Å². The highest BCUT2D eigenvalue weighted by Gasteiger charge is 2.06.